The van der Waals surface area contributed by atoms with E-state index in [1.807, 2.05) is 72.8 Å². The summed E-state index contributed by atoms with van der Waals surface area (Å²) in [7, 11) is 4.96. The lowest BCUT2D eigenvalue weighted by molar-refractivity contribution is -0.122. The van der Waals surface area contributed by atoms with Gasteiger partial charge in [-0.3, -0.25) is 24.2 Å². The molecule has 2 aliphatic carbocycles. The minimum Gasteiger partial charge on any atom is -0.497 e. The van der Waals surface area contributed by atoms with Crippen LogP contribution in [0, 0.1) is 6.92 Å². The van der Waals surface area contributed by atoms with Gasteiger partial charge in [-0.2, -0.15) is 0 Å². The van der Waals surface area contributed by atoms with Gasteiger partial charge in [-0.05, 0) is 234 Å². The van der Waals surface area contributed by atoms with Crippen molar-refractivity contribution in [1.29, 1.82) is 0 Å². The second-order valence-electron chi connectivity index (χ2n) is 23.5. The standard InChI is InChI=1S/C76H62N4O9/c1-47-8-12-51(13-9-47)79(53-16-22-57(88-3)23-17-53)56-21-27-60-64-41-50-29-35-78-72(62(50)45-68(64)76(32-7-38-83,33-39-87-2)66(60)43-56)70-69(73(78)85)71-61-44-67-63(40-49(61)28-34-77(71)74(70)86)59-26-20-55(42-65(59)75(67,30-5-36-81)31-6-37-82)80(52-14-10-48(46-84)11-15-52)54-18-24-58(89-4)25-19-54/h8-29,34-38,40-46H,5-7,30-33,39H2,1-4H3. The molecule has 14 rings (SSSR count). The highest BCUT2D eigenvalue weighted by Crippen LogP contribution is 2.61. The SMILES string of the molecule is COCCC1(CCC=O)c2cc(N(c3ccc(C)cc3)c3ccc(OC)cc3)ccc2-c2cc3c(cc21)C1=C2C(=O)N4C=Cc5cc6c(cc5C4=C2C(=O)N1C=C3)C(CCC=O)(CCC=O)c1cc(N(c2ccc(C=O)cc2)c2ccc(OC)cc2)ccc1-6. The van der Waals surface area contributed by atoms with Gasteiger partial charge in [0.1, 0.15) is 36.6 Å². The Hall–Kier alpha value is -10.5. The molecular formula is C76H62N4O9. The number of hydrogen-bond donors (Lipinski definition) is 0. The molecule has 2 amide bonds. The summed E-state index contributed by atoms with van der Waals surface area (Å²) >= 11 is 0. The summed E-state index contributed by atoms with van der Waals surface area (Å²) in [5.74, 6) is 0.768. The van der Waals surface area contributed by atoms with E-state index in [1.165, 1.54) is 0 Å². The Morgan fingerprint density at radius 3 is 1.20 bits per heavy atom. The maximum atomic E-state index is 15.5. The van der Waals surface area contributed by atoms with Gasteiger partial charge in [-0.25, -0.2) is 0 Å². The third-order valence-corrected chi connectivity index (χ3v) is 19.0. The Bertz CT molecular complexity index is 4410. The van der Waals surface area contributed by atoms with Crippen molar-refractivity contribution >= 4 is 94.6 Å². The molecule has 440 valence electrons. The molecule has 4 aliphatic heterocycles. The van der Waals surface area contributed by atoms with E-state index >= 15 is 9.59 Å². The van der Waals surface area contributed by atoms with Crippen LogP contribution in [0.5, 0.6) is 11.5 Å². The molecule has 13 nitrogen and oxygen atoms in total. The van der Waals surface area contributed by atoms with Gasteiger partial charge >= 0.3 is 0 Å². The van der Waals surface area contributed by atoms with Crippen LogP contribution in [0.25, 0.3) is 45.8 Å². The van der Waals surface area contributed by atoms with Gasteiger partial charge in [-0.15, -0.1) is 0 Å². The molecule has 8 aromatic carbocycles. The van der Waals surface area contributed by atoms with E-state index in [2.05, 4.69) is 102 Å². The molecule has 1 unspecified atom stereocenters. The van der Waals surface area contributed by atoms with Gasteiger partial charge in [0.25, 0.3) is 11.8 Å². The van der Waals surface area contributed by atoms with Gasteiger partial charge in [0.2, 0.25) is 0 Å². The number of carbonyl (C=O) groups is 6. The number of benzene rings is 8. The number of anilines is 6. The molecule has 0 radical (unpaired) electrons. The van der Waals surface area contributed by atoms with Crippen LogP contribution in [0.15, 0.2) is 181 Å². The minimum absolute atomic E-state index is 0.204. The van der Waals surface area contributed by atoms with Crippen molar-refractivity contribution in [3.63, 3.8) is 0 Å². The molecule has 0 fully saturated rings. The highest BCUT2D eigenvalue weighted by molar-refractivity contribution is 6.32. The van der Waals surface area contributed by atoms with Crippen LogP contribution in [-0.4, -0.2) is 74.7 Å². The number of fused-ring (bicyclic) bond motifs is 13. The predicted octanol–water partition coefficient (Wildman–Crippen LogP) is 15.0. The summed E-state index contributed by atoms with van der Waals surface area (Å²) in [5, 5.41) is 0. The van der Waals surface area contributed by atoms with Crippen LogP contribution >= 0.6 is 0 Å². The summed E-state index contributed by atoms with van der Waals surface area (Å²) in [4.78, 5) is 88.2. The van der Waals surface area contributed by atoms with Crippen LogP contribution in [0.3, 0.4) is 0 Å². The van der Waals surface area contributed by atoms with E-state index < -0.39 is 10.8 Å². The average Bonchev–Trinajstić information content (AvgIpc) is 1.54. The first-order valence-corrected chi connectivity index (χ1v) is 30.0. The number of amides is 2. The quantitative estimate of drug-likeness (QED) is 0.0634. The lowest BCUT2D eigenvalue weighted by atomic mass is 9.70. The number of aryl methyl sites for hydroxylation is 1. The van der Waals surface area contributed by atoms with Crippen molar-refractivity contribution in [3.8, 4) is 33.8 Å². The molecule has 8 aromatic rings. The molecular weight excluding hydrogens is 1110 g/mol. The number of ether oxygens (including phenoxy) is 3. The lowest BCUT2D eigenvalue weighted by Gasteiger charge is -2.34. The molecule has 0 saturated carbocycles. The third-order valence-electron chi connectivity index (χ3n) is 19.0. The minimum atomic E-state index is -0.850. The second kappa shape index (κ2) is 22.3. The zero-order valence-electron chi connectivity index (χ0n) is 49.7. The summed E-state index contributed by atoms with van der Waals surface area (Å²) in [6.07, 6.45) is 13.5. The van der Waals surface area contributed by atoms with Crippen molar-refractivity contribution in [3.05, 3.63) is 237 Å². The van der Waals surface area contributed by atoms with E-state index in [9.17, 15) is 19.2 Å². The topological polar surface area (TPSA) is 143 Å². The fraction of sp³-hybridized carbons (Fsp3) is 0.184. The second-order valence-corrected chi connectivity index (χ2v) is 23.5. The molecule has 13 heteroatoms. The number of hydrogen-bond acceptors (Lipinski definition) is 11. The summed E-state index contributed by atoms with van der Waals surface area (Å²) in [6, 6.07) is 52.9. The largest absolute Gasteiger partial charge is 0.497 e. The molecule has 1 atom stereocenters. The number of methoxy groups -OCH3 is 3. The maximum Gasteiger partial charge on any atom is 0.265 e. The first kappa shape index (κ1) is 56.3. The highest BCUT2D eigenvalue weighted by Gasteiger charge is 2.52. The van der Waals surface area contributed by atoms with Gasteiger partial charge in [-0.1, -0.05) is 29.8 Å². The highest BCUT2D eigenvalue weighted by atomic mass is 16.5. The molecule has 0 saturated heterocycles. The first-order valence-electron chi connectivity index (χ1n) is 30.0. The van der Waals surface area contributed by atoms with Gasteiger partial charge < -0.3 is 38.4 Å². The number of nitrogens with zero attached hydrogens (tertiary/aromatic N) is 4. The van der Waals surface area contributed by atoms with Gasteiger partial charge in [0.05, 0.1) is 36.8 Å². The Balaban J connectivity index is 0.913. The number of carbonyl (C=O) groups excluding carboxylic acids is 6. The summed E-state index contributed by atoms with van der Waals surface area (Å²) < 4.78 is 17.0. The van der Waals surface area contributed by atoms with E-state index in [0.717, 1.165) is 132 Å². The molecule has 0 spiro atoms. The maximum absolute atomic E-state index is 15.5. The Kier molecular flexibility index (Phi) is 14.1. The average molecular weight is 1180 g/mol. The Morgan fingerprint density at radius 2 is 0.809 bits per heavy atom. The predicted molar refractivity (Wildman–Crippen MR) is 346 cm³/mol. The van der Waals surface area contributed by atoms with Gasteiger partial charge in [0, 0.05) is 107 Å². The molecule has 6 aliphatic rings. The van der Waals surface area contributed by atoms with Crippen LogP contribution in [0.1, 0.15) is 105 Å². The van der Waals surface area contributed by atoms with E-state index in [0.29, 0.717) is 71.7 Å². The third kappa shape index (κ3) is 8.84. The molecule has 89 heavy (non-hydrogen) atoms. The van der Waals surface area contributed by atoms with Crippen LogP contribution in [-0.2, 0) is 39.5 Å². The summed E-state index contributed by atoms with van der Waals surface area (Å²) in [6.45, 7) is 2.47. The lowest BCUT2D eigenvalue weighted by Crippen LogP contribution is -2.29. The zero-order chi connectivity index (χ0) is 61.3. The van der Waals surface area contributed by atoms with Gasteiger partial charge in [0.15, 0.2) is 0 Å². The molecule has 0 N–H and O–H groups in total. The van der Waals surface area contributed by atoms with E-state index in [1.54, 1.807) is 55.7 Å². The number of aldehydes is 4. The van der Waals surface area contributed by atoms with Crippen molar-refractivity contribution in [2.24, 2.45) is 0 Å². The van der Waals surface area contributed by atoms with Crippen LogP contribution < -0.4 is 19.3 Å². The number of rotatable bonds is 21. The zero-order valence-corrected chi connectivity index (χ0v) is 49.7. The molecule has 0 aromatic heterocycles. The van der Waals surface area contributed by atoms with Crippen LogP contribution in [0.4, 0.5) is 34.1 Å². The van der Waals surface area contributed by atoms with Crippen molar-refractivity contribution in [2.75, 3.05) is 37.7 Å². The monoisotopic (exact) mass is 1170 g/mol. The van der Waals surface area contributed by atoms with Crippen molar-refractivity contribution in [1.82, 2.24) is 9.80 Å². The van der Waals surface area contributed by atoms with Crippen LogP contribution in [0.2, 0.25) is 0 Å². The smallest absolute Gasteiger partial charge is 0.265 e. The fourth-order valence-corrected chi connectivity index (χ4v) is 14.8. The fourth-order valence-electron chi connectivity index (χ4n) is 14.8. The Labute approximate surface area is 516 Å². The molecule has 4 heterocycles. The first-order chi connectivity index (χ1) is 43.5. The van der Waals surface area contributed by atoms with Crippen molar-refractivity contribution < 1.29 is 43.0 Å². The molecule has 0 bridgehead atoms. The van der Waals surface area contributed by atoms with E-state index in [4.69, 9.17) is 14.2 Å². The van der Waals surface area contributed by atoms with Crippen molar-refractivity contribution in [2.45, 2.75) is 62.7 Å². The normalized spacial score (nSPS) is 16.4. The Morgan fingerprint density at radius 1 is 0.427 bits per heavy atom. The van der Waals surface area contributed by atoms with E-state index in [-0.39, 0.29) is 31.1 Å². The summed E-state index contributed by atoms with van der Waals surface area (Å²) in [5.41, 5.74) is 17.9.